The number of aryl methyl sites for hydroxylation is 1. The van der Waals surface area contributed by atoms with E-state index in [9.17, 15) is 4.79 Å². The van der Waals surface area contributed by atoms with E-state index >= 15 is 0 Å². The van der Waals surface area contributed by atoms with Crippen molar-refractivity contribution in [2.75, 3.05) is 0 Å². The summed E-state index contributed by atoms with van der Waals surface area (Å²) in [5.41, 5.74) is -0.203. The van der Waals surface area contributed by atoms with Crippen molar-refractivity contribution in [2.45, 2.75) is 33.2 Å². The quantitative estimate of drug-likeness (QED) is 0.810. The third-order valence-corrected chi connectivity index (χ3v) is 3.32. The van der Waals surface area contributed by atoms with Gasteiger partial charge in [-0.1, -0.05) is 13.8 Å². The molecule has 1 fully saturated rings. The second kappa shape index (κ2) is 3.05. The molecule has 0 aromatic carbocycles. The number of carbonyl (C=O) groups is 1. The van der Waals surface area contributed by atoms with E-state index in [1.54, 1.807) is 4.68 Å². The van der Waals surface area contributed by atoms with Gasteiger partial charge in [-0.25, -0.2) is 4.98 Å². The summed E-state index contributed by atoms with van der Waals surface area (Å²) >= 11 is 0. The number of carboxylic acid groups (broad SMARTS) is 1. The monoisotopic (exact) mass is 209 g/mol. The molecule has 0 saturated heterocycles. The van der Waals surface area contributed by atoms with Crippen LogP contribution >= 0.6 is 0 Å². The minimum absolute atomic E-state index is 0.00236. The van der Waals surface area contributed by atoms with Gasteiger partial charge in [-0.3, -0.25) is 9.48 Å². The van der Waals surface area contributed by atoms with Gasteiger partial charge in [-0.2, -0.15) is 5.10 Å². The highest BCUT2D eigenvalue weighted by molar-refractivity contribution is 5.77. The minimum Gasteiger partial charge on any atom is -0.481 e. The second-order valence-electron chi connectivity index (χ2n) is 4.55. The molecule has 2 rings (SSSR count). The Bertz CT molecular complexity index is 397. The molecule has 1 saturated carbocycles. The van der Waals surface area contributed by atoms with E-state index in [1.165, 1.54) is 6.33 Å². The molecule has 0 spiro atoms. The molecule has 1 heterocycles. The summed E-state index contributed by atoms with van der Waals surface area (Å²) in [6, 6.07) is 0. The molecule has 82 valence electrons. The van der Waals surface area contributed by atoms with Crippen molar-refractivity contribution in [3.05, 3.63) is 12.2 Å². The van der Waals surface area contributed by atoms with E-state index in [0.29, 0.717) is 0 Å². The molecule has 1 N–H and O–H groups in total. The molecule has 15 heavy (non-hydrogen) atoms. The van der Waals surface area contributed by atoms with E-state index in [0.717, 1.165) is 12.4 Å². The van der Waals surface area contributed by atoms with Crippen LogP contribution in [0.25, 0.3) is 0 Å². The maximum Gasteiger partial charge on any atom is 0.307 e. The number of nitrogens with zero attached hydrogens (tertiary/aromatic N) is 3. The van der Waals surface area contributed by atoms with Crippen LogP contribution in [0.1, 0.15) is 32.5 Å². The van der Waals surface area contributed by atoms with Gasteiger partial charge in [0.1, 0.15) is 12.2 Å². The predicted molar refractivity (Wildman–Crippen MR) is 53.3 cm³/mol. The van der Waals surface area contributed by atoms with Crippen molar-refractivity contribution in [2.24, 2.45) is 11.3 Å². The van der Waals surface area contributed by atoms with Gasteiger partial charge in [0.2, 0.25) is 0 Å². The van der Waals surface area contributed by atoms with Crippen LogP contribution in [0.4, 0.5) is 0 Å². The average molecular weight is 209 g/mol. The topological polar surface area (TPSA) is 68.0 Å². The van der Waals surface area contributed by atoms with E-state index in [1.807, 2.05) is 20.8 Å². The molecule has 0 aliphatic heterocycles. The third-order valence-electron chi connectivity index (χ3n) is 3.32. The van der Waals surface area contributed by atoms with Crippen LogP contribution in [-0.4, -0.2) is 25.8 Å². The molecule has 2 atom stereocenters. The Kier molecular flexibility index (Phi) is 2.06. The molecule has 5 nitrogen and oxygen atoms in total. The second-order valence-corrected chi connectivity index (χ2v) is 4.55. The Hall–Kier alpha value is -1.39. The van der Waals surface area contributed by atoms with Crippen molar-refractivity contribution in [3.8, 4) is 0 Å². The number of carboxylic acids is 1. The first-order valence-electron chi connectivity index (χ1n) is 5.10. The zero-order valence-electron chi connectivity index (χ0n) is 9.14. The van der Waals surface area contributed by atoms with Gasteiger partial charge in [-0.15, -0.1) is 0 Å². The lowest BCUT2D eigenvalue weighted by atomic mass is 10.1. The van der Waals surface area contributed by atoms with Gasteiger partial charge in [0.15, 0.2) is 0 Å². The number of aliphatic carboxylic acids is 1. The summed E-state index contributed by atoms with van der Waals surface area (Å²) in [5.74, 6) is -0.269. The van der Waals surface area contributed by atoms with Crippen molar-refractivity contribution >= 4 is 5.97 Å². The normalized spacial score (nSPS) is 27.7. The molecule has 2 unspecified atom stereocenters. The van der Waals surface area contributed by atoms with Gasteiger partial charge in [0, 0.05) is 12.5 Å². The summed E-state index contributed by atoms with van der Waals surface area (Å²) in [6.07, 6.45) is 1.49. The number of aromatic nitrogens is 3. The molecule has 5 heteroatoms. The lowest BCUT2D eigenvalue weighted by Crippen LogP contribution is -2.05. The summed E-state index contributed by atoms with van der Waals surface area (Å²) in [5, 5.41) is 13.1. The number of hydrogen-bond acceptors (Lipinski definition) is 3. The maximum atomic E-state index is 11.0. The molecule has 1 aromatic heterocycles. The van der Waals surface area contributed by atoms with Crippen LogP contribution < -0.4 is 0 Å². The minimum atomic E-state index is -0.740. The Morgan fingerprint density at radius 3 is 2.80 bits per heavy atom. The zero-order chi connectivity index (χ0) is 11.2. The summed E-state index contributed by atoms with van der Waals surface area (Å²) in [4.78, 5) is 15.2. The molecular weight excluding hydrogens is 194 g/mol. The van der Waals surface area contributed by atoms with Crippen LogP contribution in [0, 0.1) is 11.3 Å². The summed E-state index contributed by atoms with van der Waals surface area (Å²) in [7, 11) is 0. The fourth-order valence-electron chi connectivity index (χ4n) is 2.34. The van der Waals surface area contributed by atoms with E-state index in [2.05, 4.69) is 10.1 Å². The molecule has 0 bridgehead atoms. The first kappa shape index (κ1) is 10.1. The molecular formula is C10H15N3O2. The Morgan fingerprint density at radius 2 is 2.33 bits per heavy atom. The molecule has 0 amide bonds. The van der Waals surface area contributed by atoms with Crippen LogP contribution in [0.3, 0.4) is 0 Å². The fraction of sp³-hybridized carbons (Fsp3) is 0.700. The highest BCUT2D eigenvalue weighted by atomic mass is 16.4. The summed E-state index contributed by atoms with van der Waals surface area (Å²) in [6.45, 7) is 6.63. The Morgan fingerprint density at radius 1 is 1.67 bits per heavy atom. The first-order chi connectivity index (χ1) is 7.00. The van der Waals surface area contributed by atoms with E-state index in [4.69, 9.17) is 5.11 Å². The first-order valence-corrected chi connectivity index (χ1v) is 5.10. The number of rotatable bonds is 3. The largest absolute Gasteiger partial charge is 0.481 e. The smallest absolute Gasteiger partial charge is 0.307 e. The Labute approximate surface area is 88.1 Å². The van der Waals surface area contributed by atoms with E-state index in [-0.39, 0.29) is 17.3 Å². The van der Waals surface area contributed by atoms with Gasteiger partial charge in [-0.05, 0) is 12.3 Å². The van der Waals surface area contributed by atoms with Crippen molar-refractivity contribution in [3.63, 3.8) is 0 Å². The van der Waals surface area contributed by atoms with Crippen molar-refractivity contribution in [1.29, 1.82) is 0 Å². The van der Waals surface area contributed by atoms with Crippen LogP contribution in [0.15, 0.2) is 6.33 Å². The highest BCUT2D eigenvalue weighted by Crippen LogP contribution is 2.63. The highest BCUT2D eigenvalue weighted by Gasteiger charge is 2.64. The summed E-state index contributed by atoms with van der Waals surface area (Å²) < 4.78 is 1.77. The lowest BCUT2D eigenvalue weighted by Gasteiger charge is -2.03. The molecule has 1 aliphatic carbocycles. The van der Waals surface area contributed by atoms with Gasteiger partial charge < -0.3 is 5.11 Å². The van der Waals surface area contributed by atoms with E-state index < -0.39 is 5.97 Å². The predicted octanol–water partition coefficient (Wildman–Crippen LogP) is 1.12. The van der Waals surface area contributed by atoms with Crippen LogP contribution in [-0.2, 0) is 11.3 Å². The Balaban J connectivity index is 2.31. The SMILES string of the molecule is CCn1ncnc1C1C(C(=O)O)C1(C)C. The fourth-order valence-corrected chi connectivity index (χ4v) is 2.34. The van der Waals surface area contributed by atoms with Crippen LogP contribution in [0.2, 0.25) is 0 Å². The average Bonchev–Trinajstić information content (AvgIpc) is 2.58. The third kappa shape index (κ3) is 1.33. The van der Waals surface area contributed by atoms with Crippen molar-refractivity contribution < 1.29 is 9.90 Å². The van der Waals surface area contributed by atoms with Gasteiger partial charge >= 0.3 is 5.97 Å². The van der Waals surface area contributed by atoms with Crippen LogP contribution in [0.5, 0.6) is 0 Å². The van der Waals surface area contributed by atoms with Crippen molar-refractivity contribution in [1.82, 2.24) is 14.8 Å². The van der Waals surface area contributed by atoms with Gasteiger partial charge in [0.25, 0.3) is 0 Å². The number of hydrogen-bond donors (Lipinski definition) is 1. The molecule has 1 aromatic rings. The zero-order valence-corrected chi connectivity index (χ0v) is 9.14. The maximum absolute atomic E-state index is 11.0. The molecule has 0 radical (unpaired) electrons. The lowest BCUT2D eigenvalue weighted by molar-refractivity contribution is -0.139. The molecule has 1 aliphatic rings. The van der Waals surface area contributed by atoms with Gasteiger partial charge in [0.05, 0.1) is 5.92 Å². The standard InChI is InChI=1S/C10H15N3O2/c1-4-13-8(11-5-12-13)6-7(9(14)15)10(6,2)3/h5-7H,4H2,1-3H3,(H,14,15).